The highest BCUT2D eigenvalue weighted by atomic mass is 16.4. The number of rotatable bonds is 3. The fraction of sp³-hybridized carbons (Fsp3) is 0.667. The summed E-state index contributed by atoms with van der Waals surface area (Å²) in [5.74, 6) is 1.45. The summed E-state index contributed by atoms with van der Waals surface area (Å²) >= 11 is 0. The standard InChI is InChI=1S/C15H22N4O3/c1-10-7-16-12(22-10)9-19-6-4-5-11(8-19)15(2)13(20)18(3)14(21)17-15/h7,11H,4-6,8-9H2,1-3H3,(H,17,21)/t11-,15-/m0/s1. The van der Waals surface area contributed by atoms with Crippen molar-refractivity contribution in [1.82, 2.24) is 20.1 Å². The van der Waals surface area contributed by atoms with E-state index in [-0.39, 0.29) is 17.9 Å². The number of nitrogens with zero attached hydrogens (tertiary/aromatic N) is 3. The first-order valence-corrected chi connectivity index (χ1v) is 7.64. The van der Waals surface area contributed by atoms with Crippen molar-refractivity contribution in [2.24, 2.45) is 5.92 Å². The molecular formula is C15H22N4O3. The molecule has 120 valence electrons. The van der Waals surface area contributed by atoms with Crippen molar-refractivity contribution >= 4 is 11.9 Å². The van der Waals surface area contributed by atoms with Crippen LogP contribution in [0.2, 0.25) is 0 Å². The van der Waals surface area contributed by atoms with Crippen molar-refractivity contribution in [3.05, 3.63) is 17.8 Å². The molecule has 0 aromatic carbocycles. The zero-order valence-corrected chi connectivity index (χ0v) is 13.3. The normalized spacial score (nSPS) is 30.0. The van der Waals surface area contributed by atoms with Gasteiger partial charge in [-0.15, -0.1) is 0 Å². The lowest BCUT2D eigenvalue weighted by molar-refractivity contribution is -0.132. The highest BCUT2D eigenvalue weighted by Gasteiger charge is 2.51. The Morgan fingerprint density at radius 2 is 2.27 bits per heavy atom. The second-order valence-electron chi connectivity index (χ2n) is 6.44. The Morgan fingerprint density at radius 3 is 2.86 bits per heavy atom. The number of imide groups is 1. The van der Waals surface area contributed by atoms with Gasteiger partial charge in [0.25, 0.3) is 5.91 Å². The van der Waals surface area contributed by atoms with Crippen molar-refractivity contribution in [1.29, 1.82) is 0 Å². The molecule has 1 N–H and O–H groups in total. The summed E-state index contributed by atoms with van der Waals surface area (Å²) in [6.45, 7) is 6.04. The molecule has 7 nitrogen and oxygen atoms in total. The van der Waals surface area contributed by atoms with Crippen LogP contribution in [0.5, 0.6) is 0 Å². The number of urea groups is 1. The first-order chi connectivity index (χ1) is 10.4. The van der Waals surface area contributed by atoms with Gasteiger partial charge in [-0.25, -0.2) is 9.78 Å². The maximum absolute atomic E-state index is 12.4. The molecule has 0 saturated carbocycles. The third kappa shape index (κ3) is 2.49. The first kappa shape index (κ1) is 15.0. The van der Waals surface area contributed by atoms with Gasteiger partial charge in [-0.1, -0.05) is 0 Å². The quantitative estimate of drug-likeness (QED) is 0.847. The Hall–Kier alpha value is -1.89. The Balaban J connectivity index is 1.70. The van der Waals surface area contributed by atoms with E-state index in [1.54, 1.807) is 6.20 Å². The van der Waals surface area contributed by atoms with Crippen LogP contribution in [0.3, 0.4) is 0 Å². The fourth-order valence-corrected chi connectivity index (χ4v) is 3.41. The van der Waals surface area contributed by atoms with Gasteiger partial charge in [-0.05, 0) is 33.2 Å². The van der Waals surface area contributed by atoms with Gasteiger partial charge >= 0.3 is 6.03 Å². The number of piperidine rings is 1. The van der Waals surface area contributed by atoms with Crippen LogP contribution in [0, 0.1) is 12.8 Å². The average Bonchev–Trinajstić information content (AvgIpc) is 2.98. The Morgan fingerprint density at radius 1 is 1.50 bits per heavy atom. The van der Waals surface area contributed by atoms with Crippen LogP contribution in [0.15, 0.2) is 10.6 Å². The predicted molar refractivity (Wildman–Crippen MR) is 78.9 cm³/mol. The number of aromatic nitrogens is 1. The second-order valence-corrected chi connectivity index (χ2v) is 6.44. The third-order valence-electron chi connectivity index (χ3n) is 4.77. The average molecular weight is 306 g/mol. The number of aryl methyl sites for hydroxylation is 1. The number of likely N-dealkylation sites (tertiary alicyclic amines) is 1. The van der Waals surface area contributed by atoms with Gasteiger partial charge in [-0.2, -0.15) is 0 Å². The van der Waals surface area contributed by atoms with Crippen LogP contribution >= 0.6 is 0 Å². The topological polar surface area (TPSA) is 78.7 Å². The summed E-state index contributed by atoms with van der Waals surface area (Å²) < 4.78 is 5.53. The molecule has 0 spiro atoms. The molecule has 2 aliphatic rings. The van der Waals surface area contributed by atoms with E-state index in [4.69, 9.17) is 4.42 Å². The van der Waals surface area contributed by atoms with E-state index in [1.165, 1.54) is 11.9 Å². The highest BCUT2D eigenvalue weighted by molar-refractivity contribution is 6.06. The number of oxazole rings is 1. The molecule has 1 aromatic heterocycles. The van der Waals surface area contributed by atoms with E-state index in [9.17, 15) is 9.59 Å². The molecule has 1 aromatic rings. The van der Waals surface area contributed by atoms with Gasteiger partial charge in [-0.3, -0.25) is 14.6 Å². The van der Waals surface area contributed by atoms with Crippen molar-refractivity contribution < 1.29 is 14.0 Å². The van der Waals surface area contributed by atoms with Crippen molar-refractivity contribution in [3.63, 3.8) is 0 Å². The van der Waals surface area contributed by atoms with Crippen LogP contribution in [-0.4, -0.2) is 52.4 Å². The Labute approximate surface area is 129 Å². The summed E-state index contributed by atoms with van der Waals surface area (Å²) in [6, 6.07) is -0.312. The van der Waals surface area contributed by atoms with Gasteiger partial charge < -0.3 is 9.73 Å². The molecule has 0 bridgehead atoms. The summed E-state index contributed by atoms with van der Waals surface area (Å²) in [6.07, 6.45) is 3.64. The van der Waals surface area contributed by atoms with Crippen LogP contribution in [0.4, 0.5) is 4.79 Å². The number of amides is 3. The molecule has 3 rings (SSSR count). The zero-order valence-electron chi connectivity index (χ0n) is 13.3. The summed E-state index contributed by atoms with van der Waals surface area (Å²) in [5.41, 5.74) is -0.809. The predicted octanol–water partition coefficient (Wildman–Crippen LogP) is 1.14. The fourth-order valence-electron chi connectivity index (χ4n) is 3.41. The van der Waals surface area contributed by atoms with Crippen LogP contribution in [-0.2, 0) is 11.3 Å². The van der Waals surface area contributed by atoms with Gasteiger partial charge in [0.05, 0.1) is 12.7 Å². The smallest absolute Gasteiger partial charge is 0.324 e. The molecule has 7 heteroatoms. The van der Waals surface area contributed by atoms with Gasteiger partial charge in [0.1, 0.15) is 11.3 Å². The Bertz CT molecular complexity index is 599. The maximum Gasteiger partial charge on any atom is 0.324 e. The maximum atomic E-state index is 12.4. The lowest BCUT2D eigenvalue weighted by atomic mass is 9.80. The van der Waals surface area contributed by atoms with E-state index >= 15 is 0 Å². The van der Waals surface area contributed by atoms with E-state index in [1.807, 2.05) is 13.8 Å². The van der Waals surface area contributed by atoms with Crippen LogP contribution in [0.25, 0.3) is 0 Å². The van der Waals surface area contributed by atoms with Crippen LogP contribution in [0.1, 0.15) is 31.4 Å². The van der Waals surface area contributed by atoms with Crippen molar-refractivity contribution in [3.8, 4) is 0 Å². The number of hydrogen-bond donors (Lipinski definition) is 1. The minimum Gasteiger partial charge on any atom is -0.445 e. The number of carbonyl (C=O) groups excluding carboxylic acids is 2. The molecule has 0 aliphatic carbocycles. The largest absolute Gasteiger partial charge is 0.445 e. The van der Waals surface area contributed by atoms with Crippen molar-refractivity contribution in [2.45, 2.75) is 38.8 Å². The van der Waals surface area contributed by atoms with Crippen molar-refractivity contribution in [2.75, 3.05) is 20.1 Å². The molecule has 2 aliphatic heterocycles. The second kappa shape index (κ2) is 5.39. The van der Waals surface area contributed by atoms with Gasteiger partial charge in [0, 0.05) is 19.5 Å². The highest BCUT2D eigenvalue weighted by Crippen LogP contribution is 2.32. The van der Waals surface area contributed by atoms with E-state index in [2.05, 4.69) is 15.2 Å². The SMILES string of the molecule is Cc1cnc(CN2CCC[C@H]([C@]3(C)NC(=O)N(C)C3=O)C2)o1. The third-order valence-corrected chi connectivity index (χ3v) is 4.77. The molecule has 3 heterocycles. The molecule has 2 fully saturated rings. The minimum atomic E-state index is -0.809. The summed E-state index contributed by atoms with van der Waals surface area (Å²) in [4.78, 5) is 31.8. The summed E-state index contributed by atoms with van der Waals surface area (Å²) in [7, 11) is 1.53. The van der Waals surface area contributed by atoms with E-state index in [0.29, 0.717) is 12.4 Å². The molecular weight excluding hydrogens is 284 g/mol. The van der Waals surface area contributed by atoms with Crippen LogP contribution < -0.4 is 5.32 Å². The number of hydrogen-bond acceptors (Lipinski definition) is 5. The first-order valence-electron chi connectivity index (χ1n) is 7.64. The molecule has 2 atom stereocenters. The zero-order chi connectivity index (χ0) is 15.9. The molecule has 3 amide bonds. The lowest BCUT2D eigenvalue weighted by Gasteiger charge is -2.39. The molecule has 0 unspecified atom stereocenters. The Kier molecular flexibility index (Phi) is 3.68. The van der Waals surface area contributed by atoms with Gasteiger partial charge in [0.2, 0.25) is 5.89 Å². The number of likely N-dealkylation sites (N-methyl/N-ethyl adjacent to an activating group) is 1. The lowest BCUT2D eigenvalue weighted by Crippen LogP contribution is -2.55. The minimum absolute atomic E-state index is 0.0960. The molecule has 0 radical (unpaired) electrons. The van der Waals surface area contributed by atoms with E-state index < -0.39 is 5.54 Å². The molecule has 22 heavy (non-hydrogen) atoms. The number of carbonyl (C=O) groups is 2. The summed E-state index contributed by atoms with van der Waals surface area (Å²) in [5, 5.41) is 2.86. The number of nitrogens with one attached hydrogen (secondary N) is 1. The monoisotopic (exact) mass is 306 g/mol. The van der Waals surface area contributed by atoms with Gasteiger partial charge in [0.15, 0.2) is 0 Å². The van der Waals surface area contributed by atoms with E-state index in [0.717, 1.165) is 31.7 Å². The molecule has 2 saturated heterocycles.